The monoisotopic (exact) mass is 369 g/mol. The minimum Gasteiger partial charge on any atom is -0.465 e. The van der Waals surface area contributed by atoms with Crippen molar-refractivity contribution in [3.8, 4) is 0 Å². The van der Waals surface area contributed by atoms with Crippen molar-refractivity contribution in [1.82, 2.24) is 9.80 Å². The standard InChI is InChI=1S/C16H23N3O5S/c1-10-12(16(22)23-4)14(25-13(10)15(21)18(2)3)17-11(20)9-19-5-7-24-8-6-19/h5-9H2,1-4H3,(H,17,20). The molecule has 0 atom stereocenters. The van der Waals surface area contributed by atoms with Crippen LogP contribution in [0, 0.1) is 6.92 Å². The molecule has 8 nitrogen and oxygen atoms in total. The number of hydrogen-bond donors (Lipinski definition) is 1. The minimum atomic E-state index is -0.576. The zero-order valence-corrected chi connectivity index (χ0v) is 15.7. The van der Waals surface area contributed by atoms with E-state index in [2.05, 4.69) is 5.32 Å². The molecule has 1 fully saturated rings. The summed E-state index contributed by atoms with van der Waals surface area (Å²) in [6, 6.07) is 0. The first kappa shape index (κ1) is 19.4. The number of amides is 2. The minimum absolute atomic E-state index is 0.206. The molecular formula is C16H23N3O5S. The average Bonchev–Trinajstić information content (AvgIpc) is 2.90. The van der Waals surface area contributed by atoms with E-state index in [0.717, 1.165) is 11.3 Å². The van der Waals surface area contributed by atoms with Crippen LogP contribution >= 0.6 is 11.3 Å². The van der Waals surface area contributed by atoms with Gasteiger partial charge in [0.15, 0.2) is 0 Å². The molecule has 0 saturated carbocycles. The Balaban J connectivity index is 2.22. The molecule has 0 unspecified atom stereocenters. The van der Waals surface area contributed by atoms with Crippen molar-refractivity contribution in [2.75, 3.05) is 59.4 Å². The number of anilines is 1. The molecule has 1 aliphatic heterocycles. The number of nitrogens with one attached hydrogen (secondary N) is 1. The molecule has 25 heavy (non-hydrogen) atoms. The topological polar surface area (TPSA) is 88.2 Å². The number of morpholine rings is 1. The van der Waals surface area contributed by atoms with E-state index in [1.165, 1.54) is 12.0 Å². The van der Waals surface area contributed by atoms with Crippen LogP contribution in [0.2, 0.25) is 0 Å². The summed E-state index contributed by atoms with van der Waals surface area (Å²) < 4.78 is 10.1. The highest BCUT2D eigenvalue weighted by atomic mass is 32.1. The van der Waals surface area contributed by atoms with Gasteiger partial charge in [-0.05, 0) is 12.5 Å². The predicted molar refractivity (Wildman–Crippen MR) is 94.3 cm³/mol. The highest BCUT2D eigenvalue weighted by molar-refractivity contribution is 7.18. The number of methoxy groups -OCH3 is 1. The number of rotatable bonds is 5. The lowest BCUT2D eigenvalue weighted by Gasteiger charge is -2.25. The molecular weight excluding hydrogens is 346 g/mol. The Hall–Kier alpha value is -1.97. The molecule has 9 heteroatoms. The number of carbonyl (C=O) groups is 3. The van der Waals surface area contributed by atoms with Gasteiger partial charge in [0, 0.05) is 27.2 Å². The number of nitrogens with zero attached hydrogens (tertiary/aromatic N) is 2. The quantitative estimate of drug-likeness (QED) is 0.773. The van der Waals surface area contributed by atoms with Gasteiger partial charge in [-0.1, -0.05) is 0 Å². The van der Waals surface area contributed by atoms with Gasteiger partial charge in [-0.15, -0.1) is 11.3 Å². The lowest BCUT2D eigenvalue weighted by atomic mass is 10.1. The van der Waals surface area contributed by atoms with Gasteiger partial charge < -0.3 is 19.7 Å². The predicted octanol–water partition coefficient (Wildman–Crippen LogP) is 0.816. The van der Waals surface area contributed by atoms with Gasteiger partial charge in [-0.2, -0.15) is 0 Å². The fourth-order valence-electron chi connectivity index (χ4n) is 2.49. The van der Waals surface area contributed by atoms with Crippen molar-refractivity contribution in [2.45, 2.75) is 6.92 Å². The molecule has 0 spiro atoms. The summed E-state index contributed by atoms with van der Waals surface area (Å²) >= 11 is 1.09. The van der Waals surface area contributed by atoms with Gasteiger partial charge in [0.1, 0.15) is 5.00 Å². The normalized spacial score (nSPS) is 14.9. The zero-order valence-electron chi connectivity index (χ0n) is 14.9. The maximum absolute atomic E-state index is 12.3. The third-order valence-electron chi connectivity index (χ3n) is 3.86. The first-order valence-electron chi connectivity index (χ1n) is 7.88. The van der Waals surface area contributed by atoms with Gasteiger partial charge in [-0.25, -0.2) is 4.79 Å². The van der Waals surface area contributed by atoms with Crippen LogP contribution in [0.15, 0.2) is 0 Å². The second-order valence-corrected chi connectivity index (χ2v) is 6.91. The van der Waals surface area contributed by atoms with Crippen LogP contribution in [0.4, 0.5) is 5.00 Å². The summed E-state index contributed by atoms with van der Waals surface area (Å²) in [6.45, 7) is 4.45. The average molecular weight is 369 g/mol. The number of esters is 1. The van der Waals surface area contributed by atoms with Crippen molar-refractivity contribution in [3.05, 3.63) is 16.0 Å². The maximum atomic E-state index is 12.3. The van der Waals surface area contributed by atoms with E-state index >= 15 is 0 Å². The summed E-state index contributed by atoms with van der Waals surface area (Å²) in [4.78, 5) is 40.6. The van der Waals surface area contributed by atoms with E-state index in [1.54, 1.807) is 21.0 Å². The van der Waals surface area contributed by atoms with Crippen LogP contribution in [-0.2, 0) is 14.3 Å². The second-order valence-electron chi connectivity index (χ2n) is 5.89. The van der Waals surface area contributed by atoms with Crippen molar-refractivity contribution >= 4 is 34.1 Å². The molecule has 1 aromatic rings. The Morgan fingerprint density at radius 1 is 1.28 bits per heavy atom. The summed E-state index contributed by atoms with van der Waals surface area (Å²) in [5.41, 5.74) is 0.741. The van der Waals surface area contributed by atoms with E-state index in [-0.39, 0.29) is 23.9 Å². The number of ether oxygens (including phenoxy) is 2. The Kier molecular flexibility index (Phi) is 6.51. The fraction of sp³-hybridized carbons (Fsp3) is 0.562. The SMILES string of the molecule is COC(=O)c1c(NC(=O)CN2CCOCC2)sc(C(=O)N(C)C)c1C. The van der Waals surface area contributed by atoms with Crippen molar-refractivity contribution in [2.24, 2.45) is 0 Å². The first-order chi connectivity index (χ1) is 11.8. The van der Waals surface area contributed by atoms with E-state index in [9.17, 15) is 14.4 Å². The van der Waals surface area contributed by atoms with E-state index in [0.29, 0.717) is 41.7 Å². The highest BCUT2D eigenvalue weighted by Crippen LogP contribution is 2.34. The Morgan fingerprint density at radius 3 is 2.48 bits per heavy atom. The molecule has 1 saturated heterocycles. The molecule has 2 amide bonds. The summed E-state index contributed by atoms with van der Waals surface area (Å²) in [5, 5.41) is 3.09. The molecule has 2 rings (SSSR count). The van der Waals surface area contributed by atoms with Crippen LogP contribution in [0.25, 0.3) is 0 Å². The number of thiophene rings is 1. The fourth-order valence-corrected chi connectivity index (χ4v) is 3.72. The van der Waals surface area contributed by atoms with Crippen molar-refractivity contribution in [1.29, 1.82) is 0 Å². The van der Waals surface area contributed by atoms with Crippen molar-refractivity contribution < 1.29 is 23.9 Å². The molecule has 1 aliphatic rings. The molecule has 138 valence electrons. The molecule has 0 aliphatic carbocycles. The van der Waals surface area contributed by atoms with E-state index < -0.39 is 5.97 Å². The van der Waals surface area contributed by atoms with Crippen LogP contribution in [0.5, 0.6) is 0 Å². The Morgan fingerprint density at radius 2 is 1.92 bits per heavy atom. The summed E-state index contributed by atoms with van der Waals surface area (Å²) in [5.74, 6) is -1.04. The van der Waals surface area contributed by atoms with Gasteiger partial charge in [0.25, 0.3) is 5.91 Å². The molecule has 1 N–H and O–H groups in total. The Bertz CT molecular complexity index is 665. The Labute approximate surface area is 150 Å². The molecule has 0 bridgehead atoms. The van der Waals surface area contributed by atoms with Crippen LogP contribution in [0.3, 0.4) is 0 Å². The molecule has 0 aromatic carbocycles. The molecule has 2 heterocycles. The highest BCUT2D eigenvalue weighted by Gasteiger charge is 2.27. The third kappa shape index (κ3) is 4.56. The number of carbonyl (C=O) groups excluding carboxylic acids is 3. The zero-order chi connectivity index (χ0) is 18.6. The number of hydrogen-bond acceptors (Lipinski definition) is 7. The summed E-state index contributed by atoms with van der Waals surface area (Å²) in [7, 11) is 4.54. The van der Waals surface area contributed by atoms with E-state index in [4.69, 9.17) is 9.47 Å². The lowest BCUT2D eigenvalue weighted by molar-refractivity contribution is -0.118. The van der Waals surface area contributed by atoms with Gasteiger partial charge in [0.2, 0.25) is 5.91 Å². The van der Waals surface area contributed by atoms with Crippen LogP contribution < -0.4 is 5.32 Å². The van der Waals surface area contributed by atoms with Gasteiger partial charge in [0.05, 0.1) is 37.3 Å². The van der Waals surface area contributed by atoms with Crippen molar-refractivity contribution in [3.63, 3.8) is 0 Å². The molecule has 0 radical (unpaired) electrons. The van der Waals surface area contributed by atoms with E-state index in [1.807, 2.05) is 4.90 Å². The smallest absolute Gasteiger partial charge is 0.341 e. The molecule has 1 aromatic heterocycles. The second kappa shape index (κ2) is 8.41. The van der Waals surface area contributed by atoms with Gasteiger partial charge in [-0.3, -0.25) is 14.5 Å². The first-order valence-corrected chi connectivity index (χ1v) is 8.70. The lowest BCUT2D eigenvalue weighted by Crippen LogP contribution is -2.41. The third-order valence-corrected chi connectivity index (χ3v) is 5.06. The van der Waals surface area contributed by atoms with Gasteiger partial charge >= 0.3 is 5.97 Å². The largest absolute Gasteiger partial charge is 0.465 e. The van der Waals surface area contributed by atoms with Crippen LogP contribution in [-0.4, -0.2) is 81.6 Å². The summed E-state index contributed by atoms with van der Waals surface area (Å²) in [6.07, 6.45) is 0. The van der Waals surface area contributed by atoms with Crippen LogP contribution in [0.1, 0.15) is 25.6 Å². The maximum Gasteiger partial charge on any atom is 0.341 e.